The van der Waals surface area contributed by atoms with Crippen LogP contribution in [0, 0.1) is 0 Å². The fourth-order valence-electron chi connectivity index (χ4n) is 1.71. The molecule has 2 nitrogen and oxygen atoms in total. The Morgan fingerprint density at radius 2 is 2.18 bits per heavy atom. The van der Waals surface area contributed by atoms with E-state index >= 15 is 0 Å². The molecule has 0 aromatic carbocycles. The molecule has 17 heavy (non-hydrogen) atoms. The van der Waals surface area contributed by atoms with Crippen LogP contribution in [0.15, 0.2) is 36.0 Å². The molecule has 1 aliphatic carbocycles. The van der Waals surface area contributed by atoms with Gasteiger partial charge >= 0.3 is 0 Å². The van der Waals surface area contributed by atoms with E-state index in [-0.39, 0.29) is 0 Å². The van der Waals surface area contributed by atoms with Gasteiger partial charge in [0.2, 0.25) is 0 Å². The van der Waals surface area contributed by atoms with Crippen molar-refractivity contribution in [3.8, 4) is 0 Å². The summed E-state index contributed by atoms with van der Waals surface area (Å²) in [5.41, 5.74) is 1.37. The van der Waals surface area contributed by atoms with E-state index in [2.05, 4.69) is 42.3 Å². The lowest BCUT2D eigenvalue weighted by Gasteiger charge is -2.16. The van der Waals surface area contributed by atoms with Crippen molar-refractivity contribution in [2.75, 3.05) is 20.1 Å². The van der Waals surface area contributed by atoms with E-state index in [1.807, 2.05) is 6.92 Å². The smallest absolute Gasteiger partial charge is 0.133 e. The lowest BCUT2D eigenvalue weighted by molar-refractivity contribution is -0.119. The molecule has 0 unspecified atom stereocenters. The number of carbonyl (C=O) groups excluding carboxylic acids is 1. The summed E-state index contributed by atoms with van der Waals surface area (Å²) in [4.78, 5) is 13.4. The van der Waals surface area contributed by atoms with E-state index in [0.29, 0.717) is 18.6 Å². The van der Waals surface area contributed by atoms with E-state index in [1.54, 1.807) is 0 Å². The molecule has 1 rings (SSSR count). The van der Waals surface area contributed by atoms with Crippen LogP contribution in [-0.4, -0.2) is 30.8 Å². The summed E-state index contributed by atoms with van der Waals surface area (Å²) in [7, 11) is 2.08. The molecule has 0 aromatic rings. The zero-order valence-electron chi connectivity index (χ0n) is 11.0. The highest BCUT2D eigenvalue weighted by atomic mass is 16.1. The van der Waals surface area contributed by atoms with E-state index < -0.39 is 0 Å². The van der Waals surface area contributed by atoms with E-state index in [0.717, 1.165) is 25.9 Å². The highest BCUT2D eigenvalue weighted by Crippen LogP contribution is 2.09. The molecule has 0 aliphatic heterocycles. The minimum atomic E-state index is 0.355. The molecular weight excluding hydrogens is 210 g/mol. The van der Waals surface area contributed by atoms with Gasteiger partial charge in [0, 0.05) is 25.9 Å². The number of ketones is 1. The molecule has 0 amide bonds. The van der Waals surface area contributed by atoms with Crippen LogP contribution in [0.5, 0.6) is 0 Å². The van der Waals surface area contributed by atoms with Gasteiger partial charge < -0.3 is 4.90 Å². The number of allylic oxidation sites excluding steroid dienone is 5. The summed E-state index contributed by atoms with van der Waals surface area (Å²) in [6, 6.07) is 0. The van der Waals surface area contributed by atoms with Gasteiger partial charge in [-0.05, 0) is 25.5 Å². The van der Waals surface area contributed by atoms with Gasteiger partial charge in [-0.1, -0.05) is 37.3 Å². The average Bonchev–Trinajstić information content (AvgIpc) is 2.61. The standard InChI is InChI=1S/C15H23NO/c1-3-15(17)11-13-16(2)12-10-14-8-6-4-5-7-9-14/h4,6-9H,3,5,10-13H2,1-2H3. The first-order valence-electron chi connectivity index (χ1n) is 6.45. The van der Waals surface area contributed by atoms with Crippen molar-refractivity contribution < 1.29 is 4.79 Å². The molecule has 0 bridgehead atoms. The van der Waals surface area contributed by atoms with Crippen molar-refractivity contribution in [2.45, 2.75) is 32.6 Å². The van der Waals surface area contributed by atoms with Crippen molar-refractivity contribution in [1.82, 2.24) is 4.90 Å². The Bertz CT molecular complexity index is 326. The molecule has 0 heterocycles. The first-order chi connectivity index (χ1) is 8.22. The van der Waals surface area contributed by atoms with Gasteiger partial charge in [0.05, 0.1) is 0 Å². The van der Waals surface area contributed by atoms with Crippen LogP contribution >= 0.6 is 0 Å². The number of hydrogen-bond donors (Lipinski definition) is 0. The number of hydrogen-bond acceptors (Lipinski definition) is 2. The number of carbonyl (C=O) groups is 1. The summed E-state index contributed by atoms with van der Waals surface area (Å²) in [6.07, 6.45) is 14.3. The quantitative estimate of drug-likeness (QED) is 0.673. The molecule has 0 fully saturated rings. The molecule has 0 radical (unpaired) electrons. The minimum absolute atomic E-state index is 0.355. The molecule has 0 spiro atoms. The zero-order valence-corrected chi connectivity index (χ0v) is 11.0. The van der Waals surface area contributed by atoms with Crippen molar-refractivity contribution in [1.29, 1.82) is 0 Å². The lowest BCUT2D eigenvalue weighted by atomic mass is 10.1. The van der Waals surface area contributed by atoms with Gasteiger partial charge in [0.25, 0.3) is 0 Å². The van der Waals surface area contributed by atoms with Gasteiger partial charge in [0.1, 0.15) is 5.78 Å². The molecule has 0 saturated heterocycles. The van der Waals surface area contributed by atoms with Crippen LogP contribution in [0.1, 0.15) is 32.6 Å². The second-order valence-electron chi connectivity index (χ2n) is 4.50. The van der Waals surface area contributed by atoms with E-state index in [4.69, 9.17) is 0 Å². The fourth-order valence-corrected chi connectivity index (χ4v) is 1.71. The second kappa shape index (κ2) is 8.02. The topological polar surface area (TPSA) is 20.3 Å². The van der Waals surface area contributed by atoms with Crippen LogP contribution in [0.4, 0.5) is 0 Å². The monoisotopic (exact) mass is 233 g/mol. The number of nitrogens with zero attached hydrogens (tertiary/aromatic N) is 1. The Balaban J connectivity index is 2.23. The predicted octanol–water partition coefficient (Wildman–Crippen LogP) is 3.12. The van der Waals surface area contributed by atoms with Crippen LogP contribution in [-0.2, 0) is 4.79 Å². The van der Waals surface area contributed by atoms with Crippen molar-refractivity contribution in [2.24, 2.45) is 0 Å². The first kappa shape index (κ1) is 13.9. The largest absolute Gasteiger partial charge is 0.306 e. The summed E-state index contributed by atoms with van der Waals surface area (Å²) in [5, 5.41) is 0. The van der Waals surface area contributed by atoms with Crippen LogP contribution in [0.3, 0.4) is 0 Å². The van der Waals surface area contributed by atoms with Gasteiger partial charge in [-0.15, -0.1) is 0 Å². The lowest BCUT2D eigenvalue weighted by Crippen LogP contribution is -2.23. The van der Waals surface area contributed by atoms with Crippen molar-refractivity contribution in [3.63, 3.8) is 0 Å². The summed E-state index contributed by atoms with van der Waals surface area (Å²) >= 11 is 0. The van der Waals surface area contributed by atoms with Crippen molar-refractivity contribution >= 4 is 5.78 Å². The third-order valence-corrected chi connectivity index (χ3v) is 3.00. The van der Waals surface area contributed by atoms with E-state index in [9.17, 15) is 4.79 Å². The molecule has 0 aromatic heterocycles. The first-order valence-corrected chi connectivity index (χ1v) is 6.45. The Kier molecular flexibility index (Phi) is 6.56. The third-order valence-electron chi connectivity index (χ3n) is 3.00. The molecule has 94 valence electrons. The average molecular weight is 233 g/mol. The highest BCUT2D eigenvalue weighted by Gasteiger charge is 2.03. The van der Waals surface area contributed by atoms with Gasteiger partial charge in [0.15, 0.2) is 0 Å². The molecule has 2 heteroatoms. The maximum Gasteiger partial charge on any atom is 0.133 e. The number of rotatable bonds is 7. The molecule has 0 saturated carbocycles. The summed E-state index contributed by atoms with van der Waals surface area (Å²) in [5.74, 6) is 0.355. The Morgan fingerprint density at radius 3 is 2.94 bits per heavy atom. The maximum atomic E-state index is 11.2. The molecule has 0 N–H and O–H groups in total. The van der Waals surface area contributed by atoms with Crippen LogP contribution in [0.25, 0.3) is 0 Å². The van der Waals surface area contributed by atoms with Crippen LogP contribution in [0.2, 0.25) is 0 Å². The Morgan fingerprint density at radius 1 is 1.35 bits per heavy atom. The fraction of sp³-hybridized carbons (Fsp3) is 0.533. The molecular formula is C15H23NO. The normalized spacial score (nSPS) is 14.9. The molecule has 0 atom stereocenters. The Hall–Kier alpha value is -1.15. The van der Waals surface area contributed by atoms with Crippen LogP contribution < -0.4 is 0 Å². The van der Waals surface area contributed by atoms with Gasteiger partial charge in [-0.3, -0.25) is 4.79 Å². The number of Topliss-reactive ketones (excluding diaryl/α,β-unsaturated/α-hetero) is 1. The van der Waals surface area contributed by atoms with Gasteiger partial charge in [-0.2, -0.15) is 0 Å². The summed E-state index contributed by atoms with van der Waals surface area (Å²) < 4.78 is 0. The van der Waals surface area contributed by atoms with E-state index in [1.165, 1.54) is 5.57 Å². The third kappa shape index (κ3) is 6.22. The maximum absolute atomic E-state index is 11.2. The SMILES string of the molecule is CCC(=O)CCN(C)CCC1=CC=CCC=C1. The highest BCUT2D eigenvalue weighted by molar-refractivity contribution is 5.78. The Labute approximate surface area is 105 Å². The van der Waals surface area contributed by atoms with Gasteiger partial charge in [-0.25, -0.2) is 0 Å². The predicted molar refractivity (Wildman–Crippen MR) is 73.0 cm³/mol. The zero-order chi connectivity index (χ0) is 12.5. The minimum Gasteiger partial charge on any atom is -0.306 e. The molecule has 1 aliphatic rings. The van der Waals surface area contributed by atoms with Crippen molar-refractivity contribution in [3.05, 3.63) is 36.0 Å². The second-order valence-corrected chi connectivity index (χ2v) is 4.50. The summed E-state index contributed by atoms with van der Waals surface area (Å²) in [6.45, 7) is 3.82.